The summed E-state index contributed by atoms with van der Waals surface area (Å²) in [6.45, 7) is 5.66. The minimum atomic E-state index is 0.468. The van der Waals surface area contributed by atoms with Gasteiger partial charge < -0.3 is 10.2 Å². The first kappa shape index (κ1) is 13.8. The van der Waals surface area contributed by atoms with Crippen LogP contribution < -0.4 is 10.2 Å². The molecule has 1 heterocycles. The molecule has 3 nitrogen and oxygen atoms in total. The molecular weight excluding hydrogens is 242 g/mol. The molecule has 18 heavy (non-hydrogen) atoms. The van der Waals surface area contributed by atoms with Crippen LogP contribution in [-0.2, 0) is 6.42 Å². The Morgan fingerprint density at radius 3 is 3.00 bits per heavy atom. The van der Waals surface area contributed by atoms with E-state index in [4.69, 9.17) is 4.98 Å². The molecule has 0 amide bonds. The van der Waals surface area contributed by atoms with Crippen molar-refractivity contribution in [2.75, 3.05) is 25.5 Å². The average molecular weight is 267 g/mol. The predicted octanol–water partition coefficient (Wildman–Crippen LogP) is 3.22. The number of hydrogen-bond donors (Lipinski definition) is 1. The average Bonchev–Trinajstić information content (AvgIpc) is 2.82. The van der Waals surface area contributed by atoms with Crippen molar-refractivity contribution in [3.8, 4) is 0 Å². The molecule has 1 aliphatic carbocycles. The third kappa shape index (κ3) is 2.86. The lowest BCUT2D eigenvalue weighted by Gasteiger charge is -2.20. The summed E-state index contributed by atoms with van der Waals surface area (Å²) in [5, 5.41) is 4.59. The zero-order valence-electron chi connectivity index (χ0n) is 12.0. The van der Waals surface area contributed by atoms with Crippen molar-refractivity contribution in [3.05, 3.63) is 10.6 Å². The molecule has 2 rings (SSSR count). The highest BCUT2D eigenvalue weighted by Gasteiger charge is 2.24. The summed E-state index contributed by atoms with van der Waals surface area (Å²) in [5.74, 6) is 0.732. The monoisotopic (exact) mass is 267 g/mol. The summed E-state index contributed by atoms with van der Waals surface area (Å²) in [7, 11) is 4.21. The third-order valence-corrected chi connectivity index (χ3v) is 5.15. The maximum atomic E-state index is 4.87. The van der Waals surface area contributed by atoms with Gasteiger partial charge in [0.1, 0.15) is 0 Å². The van der Waals surface area contributed by atoms with Gasteiger partial charge in [-0.2, -0.15) is 0 Å². The summed E-state index contributed by atoms with van der Waals surface area (Å²) in [4.78, 5) is 8.69. The van der Waals surface area contributed by atoms with Crippen LogP contribution in [0.3, 0.4) is 0 Å². The fourth-order valence-corrected chi connectivity index (χ4v) is 3.66. The minimum absolute atomic E-state index is 0.468. The van der Waals surface area contributed by atoms with Gasteiger partial charge in [-0.1, -0.05) is 20.3 Å². The van der Waals surface area contributed by atoms with E-state index < -0.39 is 0 Å². The molecule has 0 saturated carbocycles. The molecule has 4 heteroatoms. The molecular formula is C14H25N3S. The van der Waals surface area contributed by atoms with Crippen molar-refractivity contribution in [2.24, 2.45) is 5.92 Å². The van der Waals surface area contributed by atoms with E-state index in [-0.39, 0.29) is 0 Å². The molecule has 0 aliphatic heterocycles. The predicted molar refractivity (Wildman–Crippen MR) is 79.6 cm³/mol. The van der Waals surface area contributed by atoms with Gasteiger partial charge in [0.15, 0.2) is 5.13 Å². The van der Waals surface area contributed by atoms with Crippen molar-refractivity contribution in [2.45, 2.75) is 45.6 Å². The highest BCUT2D eigenvalue weighted by molar-refractivity contribution is 7.15. The van der Waals surface area contributed by atoms with Gasteiger partial charge in [0.25, 0.3) is 0 Å². The molecule has 1 N–H and O–H groups in total. The summed E-state index contributed by atoms with van der Waals surface area (Å²) in [6.07, 6.45) is 4.95. The topological polar surface area (TPSA) is 28.2 Å². The maximum Gasteiger partial charge on any atom is 0.185 e. The van der Waals surface area contributed by atoms with Crippen molar-refractivity contribution in [3.63, 3.8) is 0 Å². The zero-order chi connectivity index (χ0) is 13.1. The molecule has 0 spiro atoms. The largest absolute Gasteiger partial charge is 0.351 e. The zero-order valence-corrected chi connectivity index (χ0v) is 12.8. The summed E-state index contributed by atoms with van der Waals surface area (Å²) >= 11 is 1.89. The lowest BCUT2D eigenvalue weighted by atomic mass is 9.98. The Balaban J connectivity index is 2.13. The van der Waals surface area contributed by atoms with Crippen LogP contribution in [-0.4, -0.2) is 25.6 Å². The Hall–Kier alpha value is -0.610. The van der Waals surface area contributed by atoms with Gasteiger partial charge in [-0.3, -0.25) is 0 Å². The van der Waals surface area contributed by atoms with Crippen LogP contribution in [0.4, 0.5) is 5.13 Å². The Morgan fingerprint density at radius 1 is 1.56 bits per heavy atom. The number of fused-ring (bicyclic) bond motifs is 1. The second-order valence-corrected chi connectivity index (χ2v) is 6.49. The molecule has 0 fully saturated rings. The molecule has 0 radical (unpaired) electrons. The van der Waals surface area contributed by atoms with Crippen molar-refractivity contribution in [1.29, 1.82) is 0 Å². The summed E-state index contributed by atoms with van der Waals surface area (Å²) in [6, 6.07) is 0.468. The second-order valence-electron chi connectivity index (χ2n) is 5.43. The molecule has 1 aromatic heterocycles. The van der Waals surface area contributed by atoms with Gasteiger partial charge in [-0.25, -0.2) is 4.98 Å². The Kier molecular flexibility index (Phi) is 4.62. The van der Waals surface area contributed by atoms with Gasteiger partial charge in [0.05, 0.1) is 11.7 Å². The van der Waals surface area contributed by atoms with E-state index in [0.29, 0.717) is 6.04 Å². The second kappa shape index (κ2) is 6.02. The van der Waals surface area contributed by atoms with Gasteiger partial charge in [-0.15, -0.1) is 11.3 Å². The van der Waals surface area contributed by atoms with Crippen molar-refractivity contribution >= 4 is 16.5 Å². The van der Waals surface area contributed by atoms with E-state index in [1.54, 1.807) is 0 Å². The van der Waals surface area contributed by atoms with Gasteiger partial charge in [0.2, 0.25) is 0 Å². The number of aryl methyl sites for hydroxylation is 1. The van der Waals surface area contributed by atoms with Gasteiger partial charge in [-0.05, 0) is 32.2 Å². The first-order valence-corrected chi connectivity index (χ1v) is 7.85. The molecule has 0 saturated heterocycles. The fraction of sp³-hybridized carbons (Fsp3) is 0.786. The smallest absolute Gasteiger partial charge is 0.185 e. The van der Waals surface area contributed by atoms with E-state index in [1.807, 2.05) is 18.4 Å². The molecule has 2 atom stereocenters. The van der Waals surface area contributed by atoms with Crippen molar-refractivity contribution in [1.82, 2.24) is 10.3 Å². The normalized spacial score (nSPS) is 20.6. The molecule has 1 aliphatic rings. The van der Waals surface area contributed by atoms with E-state index in [2.05, 4.69) is 31.1 Å². The Labute approximate surface area is 115 Å². The first-order valence-electron chi connectivity index (χ1n) is 7.03. The lowest BCUT2D eigenvalue weighted by molar-refractivity contribution is 0.489. The van der Waals surface area contributed by atoms with E-state index in [1.165, 1.54) is 41.4 Å². The number of rotatable bonds is 5. The molecule has 0 bridgehead atoms. The van der Waals surface area contributed by atoms with E-state index in [9.17, 15) is 0 Å². The quantitative estimate of drug-likeness (QED) is 0.888. The number of hydrogen-bond acceptors (Lipinski definition) is 4. The van der Waals surface area contributed by atoms with Gasteiger partial charge in [0, 0.05) is 18.5 Å². The number of aromatic nitrogens is 1. The molecule has 1 aromatic rings. The third-order valence-electron chi connectivity index (χ3n) is 3.90. The number of anilines is 1. The van der Waals surface area contributed by atoms with Crippen LogP contribution in [0.1, 0.15) is 49.7 Å². The van der Waals surface area contributed by atoms with Crippen LogP contribution in [0.5, 0.6) is 0 Å². The van der Waals surface area contributed by atoms with Crippen LogP contribution in [0.15, 0.2) is 0 Å². The highest BCUT2D eigenvalue weighted by atomic mass is 32.1. The Morgan fingerprint density at radius 2 is 2.33 bits per heavy atom. The molecule has 102 valence electrons. The van der Waals surface area contributed by atoms with Crippen LogP contribution in [0, 0.1) is 5.92 Å². The molecule has 2 unspecified atom stereocenters. The minimum Gasteiger partial charge on any atom is -0.351 e. The number of thiazole rings is 1. The van der Waals surface area contributed by atoms with Gasteiger partial charge >= 0.3 is 0 Å². The number of nitrogens with zero attached hydrogens (tertiary/aromatic N) is 2. The van der Waals surface area contributed by atoms with Crippen LogP contribution in [0.2, 0.25) is 0 Å². The van der Waals surface area contributed by atoms with Crippen molar-refractivity contribution < 1.29 is 0 Å². The SMILES string of the molecule is CCC(C)CN(C)c1nc2c(s1)CCCC2NC. The van der Waals surface area contributed by atoms with E-state index in [0.717, 1.165) is 12.5 Å². The summed E-state index contributed by atoms with van der Waals surface area (Å²) in [5.41, 5.74) is 1.31. The molecule has 0 aromatic carbocycles. The van der Waals surface area contributed by atoms with Crippen LogP contribution in [0.25, 0.3) is 0 Å². The lowest BCUT2D eigenvalue weighted by Crippen LogP contribution is -2.24. The van der Waals surface area contributed by atoms with Crippen LogP contribution >= 0.6 is 11.3 Å². The summed E-state index contributed by atoms with van der Waals surface area (Å²) < 4.78 is 0. The fourth-order valence-electron chi connectivity index (χ4n) is 2.52. The first-order chi connectivity index (χ1) is 8.65. The van der Waals surface area contributed by atoms with E-state index >= 15 is 0 Å². The number of nitrogens with one attached hydrogen (secondary N) is 1. The Bertz CT molecular complexity index is 388. The standard InChI is InChI=1S/C14H25N3S/c1-5-10(2)9-17(4)14-16-13-11(15-3)7-6-8-12(13)18-14/h10-11,15H,5-9H2,1-4H3. The maximum absolute atomic E-state index is 4.87. The highest BCUT2D eigenvalue weighted by Crippen LogP contribution is 2.36.